The van der Waals surface area contributed by atoms with Crippen molar-refractivity contribution in [1.29, 1.82) is 0 Å². The third-order valence-electron chi connectivity index (χ3n) is 3.41. The van der Waals surface area contributed by atoms with Crippen LogP contribution in [0.5, 0.6) is 0 Å². The van der Waals surface area contributed by atoms with Crippen molar-refractivity contribution in [3.05, 3.63) is 11.7 Å². The number of aryl methyl sites for hydroxylation is 1. The first kappa shape index (κ1) is 10.6. The summed E-state index contributed by atoms with van der Waals surface area (Å²) in [5.74, 6) is 2.65. The molecular formula is C11H19N3O. The SMILES string of the molecule is Cc1nc(C(N)C2CCC(C)CC2)no1. The van der Waals surface area contributed by atoms with Gasteiger partial charge in [-0.05, 0) is 24.7 Å². The van der Waals surface area contributed by atoms with Crippen LogP contribution < -0.4 is 5.73 Å². The van der Waals surface area contributed by atoms with Crippen LogP contribution in [0.1, 0.15) is 50.4 Å². The zero-order valence-corrected chi connectivity index (χ0v) is 9.44. The normalized spacial score (nSPS) is 29.0. The molecule has 0 saturated heterocycles. The predicted octanol–water partition coefficient (Wildman–Crippen LogP) is 2.20. The molecule has 1 aromatic heterocycles. The molecule has 2 N–H and O–H groups in total. The second-order valence-corrected chi connectivity index (χ2v) is 4.72. The summed E-state index contributed by atoms with van der Waals surface area (Å²) in [6.07, 6.45) is 4.93. The van der Waals surface area contributed by atoms with Crippen LogP contribution in [0.3, 0.4) is 0 Å². The van der Waals surface area contributed by atoms with E-state index < -0.39 is 0 Å². The Morgan fingerprint density at radius 3 is 2.53 bits per heavy atom. The van der Waals surface area contributed by atoms with E-state index in [4.69, 9.17) is 10.3 Å². The molecule has 0 bridgehead atoms. The molecule has 1 atom stereocenters. The molecule has 0 aromatic carbocycles. The number of aromatic nitrogens is 2. The third kappa shape index (κ3) is 2.37. The fourth-order valence-electron chi connectivity index (χ4n) is 2.31. The first-order chi connectivity index (χ1) is 7.16. The largest absolute Gasteiger partial charge is 0.340 e. The average Bonchev–Trinajstić information content (AvgIpc) is 2.65. The molecule has 15 heavy (non-hydrogen) atoms. The summed E-state index contributed by atoms with van der Waals surface area (Å²) >= 11 is 0. The van der Waals surface area contributed by atoms with E-state index in [2.05, 4.69) is 17.1 Å². The van der Waals surface area contributed by atoms with Crippen LogP contribution in [0.2, 0.25) is 0 Å². The standard InChI is InChI=1S/C11H19N3O/c1-7-3-5-9(6-4-7)10(12)11-13-8(2)15-14-11/h7,9-10H,3-6,12H2,1-2H3. The molecule has 2 rings (SSSR count). The number of nitrogens with two attached hydrogens (primary N) is 1. The first-order valence-electron chi connectivity index (χ1n) is 5.72. The quantitative estimate of drug-likeness (QED) is 0.811. The van der Waals surface area contributed by atoms with E-state index in [1.165, 1.54) is 25.7 Å². The fourth-order valence-corrected chi connectivity index (χ4v) is 2.31. The highest BCUT2D eigenvalue weighted by atomic mass is 16.5. The van der Waals surface area contributed by atoms with Crippen LogP contribution in [0.25, 0.3) is 0 Å². The van der Waals surface area contributed by atoms with Crippen LogP contribution in [-0.2, 0) is 0 Å². The Morgan fingerprint density at radius 2 is 2.00 bits per heavy atom. The number of hydrogen-bond acceptors (Lipinski definition) is 4. The Morgan fingerprint density at radius 1 is 1.33 bits per heavy atom. The van der Waals surface area contributed by atoms with E-state index >= 15 is 0 Å². The smallest absolute Gasteiger partial charge is 0.223 e. The lowest BCUT2D eigenvalue weighted by Gasteiger charge is -2.28. The predicted molar refractivity (Wildman–Crippen MR) is 57.1 cm³/mol. The van der Waals surface area contributed by atoms with Gasteiger partial charge < -0.3 is 10.3 Å². The van der Waals surface area contributed by atoms with Crippen LogP contribution in [0.15, 0.2) is 4.52 Å². The second kappa shape index (κ2) is 4.31. The molecular weight excluding hydrogens is 190 g/mol. The van der Waals surface area contributed by atoms with Gasteiger partial charge in [0.15, 0.2) is 5.82 Å². The molecule has 1 heterocycles. The molecule has 1 aliphatic rings. The lowest BCUT2D eigenvalue weighted by molar-refractivity contribution is 0.247. The molecule has 0 radical (unpaired) electrons. The van der Waals surface area contributed by atoms with Crippen molar-refractivity contribution in [2.24, 2.45) is 17.6 Å². The molecule has 0 spiro atoms. The Labute approximate surface area is 90.2 Å². The summed E-state index contributed by atoms with van der Waals surface area (Å²) in [6, 6.07) is -0.0463. The highest BCUT2D eigenvalue weighted by molar-refractivity contribution is 4.95. The second-order valence-electron chi connectivity index (χ2n) is 4.72. The van der Waals surface area contributed by atoms with Crippen LogP contribution >= 0.6 is 0 Å². The Kier molecular flexibility index (Phi) is 3.05. The van der Waals surface area contributed by atoms with Gasteiger partial charge in [-0.25, -0.2) is 0 Å². The number of nitrogens with zero attached hydrogens (tertiary/aromatic N) is 2. The summed E-state index contributed by atoms with van der Waals surface area (Å²) in [7, 11) is 0. The minimum Gasteiger partial charge on any atom is -0.340 e. The van der Waals surface area contributed by atoms with Gasteiger partial charge in [0, 0.05) is 6.92 Å². The van der Waals surface area contributed by atoms with E-state index in [0.717, 1.165) is 5.92 Å². The maximum absolute atomic E-state index is 6.14. The van der Waals surface area contributed by atoms with Crippen molar-refractivity contribution in [2.75, 3.05) is 0 Å². The molecule has 1 fully saturated rings. The van der Waals surface area contributed by atoms with Crippen molar-refractivity contribution in [2.45, 2.75) is 45.6 Å². The molecule has 1 unspecified atom stereocenters. The van der Waals surface area contributed by atoms with E-state index in [1.807, 2.05) is 0 Å². The lowest BCUT2D eigenvalue weighted by Crippen LogP contribution is -2.26. The molecule has 1 aliphatic carbocycles. The van der Waals surface area contributed by atoms with Gasteiger partial charge in [0.2, 0.25) is 5.89 Å². The molecule has 0 aliphatic heterocycles. The minimum absolute atomic E-state index is 0.0463. The number of rotatable bonds is 2. The molecule has 0 amide bonds. The van der Waals surface area contributed by atoms with Crippen molar-refractivity contribution in [3.63, 3.8) is 0 Å². The third-order valence-corrected chi connectivity index (χ3v) is 3.41. The molecule has 1 saturated carbocycles. The number of hydrogen-bond donors (Lipinski definition) is 1. The Hall–Kier alpha value is -0.900. The van der Waals surface area contributed by atoms with Gasteiger partial charge in [-0.1, -0.05) is 24.9 Å². The molecule has 4 heteroatoms. The highest BCUT2D eigenvalue weighted by Gasteiger charge is 2.27. The van der Waals surface area contributed by atoms with E-state index in [0.29, 0.717) is 17.6 Å². The van der Waals surface area contributed by atoms with Gasteiger partial charge in [-0.3, -0.25) is 0 Å². The van der Waals surface area contributed by atoms with Gasteiger partial charge in [-0.2, -0.15) is 4.98 Å². The van der Waals surface area contributed by atoms with E-state index in [-0.39, 0.29) is 6.04 Å². The van der Waals surface area contributed by atoms with Crippen molar-refractivity contribution in [3.8, 4) is 0 Å². The van der Waals surface area contributed by atoms with Crippen molar-refractivity contribution in [1.82, 2.24) is 10.1 Å². The zero-order chi connectivity index (χ0) is 10.8. The Bertz CT molecular complexity index is 315. The summed E-state index contributed by atoms with van der Waals surface area (Å²) in [5.41, 5.74) is 6.14. The minimum atomic E-state index is -0.0463. The van der Waals surface area contributed by atoms with Gasteiger partial charge in [0.1, 0.15) is 0 Å². The zero-order valence-electron chi connectivity index (χ0n) is 9.44. The lowest BCUT2D eigenvalue weighted by atomic mass is 9.79. The fraction of sp³-hybridized carbons (Fsp3) is 0.818. The molecule has 1 aromatic rings. The summed E-state index contributed by atoms with van der Waals surface area (Å²) < 4.78 is 4.96. The maximum Gasteiger partial charge on any atom is 0.223 e. The van der Waals surface area contributed by atoms with Crippen molar-refractivity contribution < 1.29 is 4.52 Å². The summed E-state index contributed by atoms with van der Waals surface area (Å²) in [6.45, 7) is 4.10. The van der Waals surface area contributed by atoms with Crippen LogP contribution in [0.4, 0.5) is 0 Å². The van der Waals surface area contributed by atoms with Gasteiger partial charge in [-0.15, -0.1) is 0 Å². The Balaban J connectivity index is 1.99. The summed E-state index contributed by atoms with van der Waals surface area (Å²) in [5, 5.41) is 3.90. The van der Waals surface area contributed by atoms with Gasteiger partial charge >= 0.3 is 0 Å². The highest BCUT2D eigenvalue weighted by Crippen LogP contribution is 2.34. The van der Waals surface area contributed by atoms with Gasteiger partial charge in [0.05, 0.1) is 6.04 Å². The summed E-state index contributed by atoms with van der Waals surface area (Å²) in [4.78, 5) is 4.20. The van der Waals surface area contributed by atoms with E-state index in [1.54, 1.807) is 6.92 Å². The topological polar surface area (TPSA) is 64.9 Å². The monoisotopic (exact) mass is 209 g/mol. The molecule has 4 nitrogen and oxygen atoms in total. The van der Waals surface area contributed by atoms with Crippen LogP contribution in [0, 0.1) is 18.8 Å². The van der Waals surface area contributed by atoms with Gasteiger partial charge in [0.25, 0.3) is 0 Å². The van der Waals surface area contributed by atoms with E-state index in [9.17, 15) is 0 Å². The first-order valence-corrected chi connectivity index (χ1v) is 5.72. The maximum atomic E-state index is 6.14. The van der Waals surface area contributed by atoms with Crippen LogP contribution in [-0.4, -0.2) is 10.1 Å². The average molecular weight is 209 g/mol. The molecule has 84 valence electrons. The van der Waals surface area contributed by atoms with Crippen molar-refractivity contribution >= 4 is 0 Å².